The normalized spacial score (nSPS) is 24.3. The zero-order valence-electron chi connectivity index (χ0n) is 14.4. The third-order valence-corrected chi connectivity index (χ3v) is 6.29. The molecule has 0 aliphatic carbocycles. The number of piperazine rings is 1. The van der Waals surface area contributed by atoms with Crippen LogP contribution in [0.4, 0.5) is 0 Å². The average molecular weight is 427 g/mol. The second-order valence-corrected chi connectivity index (χ2v) is 7.86. The molecule has 26 heavy (non-hydrogen) atoms. The van der Waals surface area contributed by atoms with E-state index in [1.54, 1.807) is 11.0 Å². The lowest BCUT2D eigenvalue weighted by molar-refractivity contribution is -0.140. The van der Waals surface area contributed by atoms with Gasteiger partial charge in [-0.2, -0.15) is 4.31 Å². The van der Waals surface area contributed by atoms with Crippen LogP contribution < -0.4 is 5.32 Å². The van der Waals surface area contributed by atoms with E-state index in [0.717, 1.165) is 0 Å². The number of halogens is 2. The van der Waals surface area contributed by atoms with Gasteiger partial charge in [0, 0.05) is 45.1 Å². The van der Waals surface area contributed by atoms with Crippen LogP contribution in [0.1, 0.15) is 6.92 Å². The number of rotatable bonds is 3. The summed E-state index contributed by atoms with van der Waals surface area (Å²) in [6, 6.07) is 2.77. The molecule has 3 rings (SSSR count). The summed E-state index contributed by atoms with van der Waals surface area (Å²) >= 11 is 0. The first-order valence-corrected chi connectivity index (χ1v) is 9.48. The first-order valence-electron chi connectivity index (χ1n) is 8.04. The van der Waals surface area contributed by atoms with Crippen molar-refractivity contribution in [2.45, 2.75) is 24.0 Å². The lowest BCUT2D eigenvalue weighted by Crippen LogP contribution is -2.60. The molecule has 0 aromatic carbocycles. The van der Waals surface area contributed by atoms with Gasteiger partial charge in [0.1, 0.15) is 10.9 Å². The quantitative estimate of drug-likeness (QED) is 0.738. The number of amides is 1. The van der Waals surface area contributed by atoms with Crippen LogP contribution in [0, 0.1) is 0 Å². The number of pyridine rings is 1. The highest BCUT2D eigenvalue weighted by Gasteiger charge is 2.35. The minimum absolute atomic E-state index is 0. The van der Waals surface area contributed by atoms with Crippen molar-refractivity contribution >= 4 is 40.7 Å². The zero-order valence-corrected chi connectivity index (χ0v) is 16.9. The van der Waals surface area contributed by atoms with E-state index in [4.69, 9.17) is 4.74 Å². The minimum atomic E-state index is -3.55. The highest BCUT2D eigenvalue weighted by Crippen LogP contribution is 2.17. The van der Waals surface area contributed by atoms with E-state index in [0.29, 0.717) is 26.2 Å². The van der Waals surface area contributed by atoms with Crippen LogP contribution in [0.2, 0.25) is 0 Å². The molecular weight excluding hydrogens is 403 g/mol. The molecule has 0 radical (unpaired) electrons. The first kappa shape index (κ1) is 23.1. The van der Waals surface area contributed by atoms with Crippen molar-refractivity contribution in [3.63, 3.8) is 0 Å². The van der Waals surface area contributed by atoms with Crippen LogP contribution in [0.5, 0.6) is 0 Å². The van der Waals surface area contributed by atoms with Gasteiger partial charge >= 0.3 is 0 Å². The molecule has 0 saturated carbocycles. The highest BCUT2D eigenvalue weighted by atomic mass is 35.5. The Labute approximate surface area is 166 Å². The second kappa shape index (κ2) is 9.82. The summed E-state index contributed by atoms with van der Waals surface area (Å²) in [5.41, 5.74) is 0. The SMILES string of the molecule is C[C@H]1OCCN[C@@H]1C(=O)N1CCN(S(=O)(=O)c2cccnc2)CC1.Cl.Cl. The summed E-state index contributed by atoms with van der Waals surface area (Å²) in [6.07, 6.45) is 2.71. The number of aromatic nitrogens is 1. The molecule has 148 valence electrons. The van der Waals surface area contributed by atoms with Crippen molar-refractivity contribution in [3.05, 3.63) is 24.5 Å². The topological polar surface area (TPSA) is 91.8 Å². The molecule has 0 spiro atoms. The number of nitrogens with zero attached hydrogens (tertiary/aromatic N) is 3. The maximum absolute atomic E-state index is 12.6. The predicted octanol–water partition coefficient (Wildman–Crippen LogP) is 0.135. The van der Waals surface area contributed by atoms with Gasteiger partial charge in [0.2, 0.25) is 15.9 Å². The van der Waals surface area contributed by atoms with Crippen LogP contribution in [-0.4, -0.2) is 80.0 Å². The van der Waals surface area contributed by atoms with Crippen molar-refractivity contribution in [2.75, 3.05) is 39.3 Å². The fourth-order valence-corrected chi connectivity index (χ4v) is 4.39. The number of nitrogens with one attached hydrogen (secondary N) is 1. The van der Waals surface area contributed by atoms with Gasteiger partial charge in [-0.1, -0.05) is 0 Å². The molecule has 2 atom stereocenters. The van der Waals surface area contributed by atoms with Crippen LogP contribution in [0.3, 0.4) is 0 Å². The molecule has 8 nitrogen and oxygen atoms in total. The third-order valence-electron chi connectivity index (χ3n) is 4.41. The van der Waals surface area contributed by atoms with E-state index in [9.17, 15) is 13.2 Å². The number of hydrogen-bond acceptors (Lipinski definition) is 6. The summed E-state index contributed by atoms with van der Waals surface area (Å²) in [7, 11) is -3.55. The molecular formula is C15H24Cl2N4O4S. The summed E-state index contributed by atoms with van der Waals surface area (Å²) in [5.74, 6) is -0.0272. The second-order valence-electron chi connectivity index (χ2n) is 5.93. The van der Waals surface area contributed by atoms with Gasteiger partial charge in [-0.05, 0) is 19.1 Å². The van der Waals surface area contributed by atoms with Gasteiger partial charge in [0.15, 0.2) is 0 Å². The summed E-state index contributed by atoms with van der Waals surface area (Å²) < 4.78 is 32.1. The van der Waals surface area contributed by atoms with E-state index in [1.165, 1.54) is 22.8 Å². The Balaban J connectivity index is 0.00000169. The standard InChI is InChI=1S/C15H22N4O4S.2ClH/c1-12-14(17-5-10-23-12)15(20)18-6-8-19(9-7-18)24(21,22)13-3-2-4-16-11-13;;/h2-4,11-12,14,17H,5-10H2,1H3;2*1H/t12-,14+;;/m1../s1. The number of morpholine rings is 1. The first-order chi connectivity index (χ1) is 11.5. The maximum Gasteiger partial charge on any atom is 0.244 e. The smallest absolute Gasteiger partial charge is 0.244 e. The number of carbonyl (C=O) groups excluding carboxylic acids is 1. The third kappa shape index (κ3) is 4.85. The fraction of sp³-hybridized carbons (Fsp3) is 0.600. The predicted molar refractivity (Wildman–Crippen MR) is 101 cm³/mol. The average Bonchev–Trinajstić information content (AvgIpc) is 2.62. The Morgan fingerprint density at radius 3 is 2.54 bits per heavy atom. The molecule has 11 heteroatoms. The molecule has 1 aromatic heterocycles. The number of ether oxygens (including phenoxy) is 1. The zero-order chi connectivity index (χ0) is 17.2. The number of hydrogen-bond donors (Lipinski definition) is 1. The van der Waals surface area contributed by atoms with Crippen LogP contribution in [-0.2, 0) is 19.6 Å². The Hall–Kier alpha value is -0.970. The maximum atomic E-state index is 12.6. The summed E-state index contributed by atoms with van der Waals surface area (Å²) in [4.78, 5) is 18.3. The van der Waals surface area contributed by atoms with Crippen molar-refractivity contribution in [1.29, 1.82) is 0 Å². The monoisotopic (exact) mass is 426 g/mol. The molecule has 2 saturated heterocycles. The van der Waals surface area contributed by atoms with Gasteiger partial charge in [0.05, 0.1) is 12.7 Å². The van der Waals surface area contributed by atoms with Crippen LogP contribution >= 0.6 is 24.8 Å². The molecule has 1 amide bonds. The van der Waals surface area contributed by atoms with Crippen LogP contribution in [0.25, 0.3) is 0 Å². The molecule has 2 aliphatic heterocycles. The molecule has 1 N–H and O–H groups in total. The van der Waals surface area contributed by atoms with Gasteiger partial charge in [-0.25, -0.2) is 8.42 Å². The molecule has 3 heterocycles. The number of sulfonamides is 1. The summed E-state index contributed by atoms with van der Waals surface area (Å²) in [5, 5.41) is 3.18. The molecule has 0 bridgehead atoms. The Bertz CT molecular complexity index is 684. The Morgan fingerprint density at radius 2 is 1.96 bits per heavy atom. The van der Waals surface area contributed by atoms with E-state index in [-0.39, 0.29) is 60.9 Å². The van der Waals surface area contributed by atoms with E-state index < -0.39 is 10.0 Å². The van der Waals surface area contributed by atoms with Crippen molar-refractivity contribution in [1.82, 2.24) is 19.5 Å². The fourth-order valence-electron chi connectivity index (χ4n) is 3.00. The van der Waals surface area contributed by atoms with E-state index in [2.05, 4.69) is 10.3 Å². The lowest BCUT2D eigenvalue weighted by Gasteiger charge is -2.38. The van der Waals surface area contributed by atoms with Crippen LogP contribution in [0.15, 0.2) is 29.4 Å². The minimum Gasteiger partial charge on any atom is -0.375 e. The van der Waals surface area contributed by atoms with Crippen molar-refractivity contribution in [2.24, 2.45) is 0 Å². The number of carbonyl (C=O) groups is 1. The van der Waals surface area contributed by atoms with Gasteiger partial charge in [-0.3, -0.25) is 9.78 Å². The molecule has 0 unspecified atom stereocenters. The molecule has 2 aliphatic rings. The van der Waals surface area contributed by atoms with Crippen molar-refractivity contribution in [3.8, 4) is 0 Å². The van der Waals surface area contributed by atoms with E-state index in [1.807, 2.05) is 6.92 Å². The Morgan fingerprint density at radius 1 is 1.27 bits per heavy atom. The lowest BCUT2D eigenvalue weighted by atomic mass is 10.1. The Kier molecular flexibility index (Phi) is 8.71. The molecule has 1 aromatic rings. The van der Waals surface area contributed by atoms with Gasteiger partial charge in [0.25, 0.3) is 0 Å². The highest BCUT2D eigenvalue weighted by molar-refractivity contribution is 7.89. The van der Waals surface area contributed by atoms with Crippen molar-refractivity contribution < 1.29 is 17.9 Å². The van der Waals surface area contributed by atoms with Gasteiger partial charge in [-0.15, -0.1) is 24.8 Å². The largest absolute Gasteiger partial charge is 0.375 e. The summed E-state index contributed by atoms with van der Waals surface area (Å²) in [6.45, 7) is 4.44. The molecule has 2 fully saturated rings. The van der Waals surface area contributed by atoms with E-state index >= 15 is 0 Å². The van der Waals surface area contributed by atoms with Gasteiger partial charge < -0.3 is 15.0 Å².